The summed E-state index contributed by atoms with van der Waals surface area (Å²) in [6.07, 6.45) is 2.33. The molecule has 116 valence electrons. The molecule has 1 atom stereocenters. The Morgan fingerprint density at radius 3 is 2.76 bits per heavy atom. The molecule has 0 spiro atoms. The van der Waals surface area contributed by atoms with E-state index in [-0.39, 0.29) is 23.1 Å². The first-order chi connectivity index (χ1) is 9.85. The van der Waals surface area contributed by atoms with Crippen molar-refractivity contribution in [1.29, 1.82) is 0 Å². The quantitative estimate of drug-likeness (QED) is 0.821. The van der Waals surface area contributed by atoms with E-state index in [1.54, 1.807) is 0 Å². The largest absolute Gasteiger partial charge is 0.478 e. The monoisotopic (exact) mass is 377 g/mol. The number of halogens is 1. The van der Waals surface area contributed by atoms with Gasteiger partial charge in [-0.2, -0.15) is 0 Å². The number of hydrogen-bond donors (Lipinski definition) is 2. The van der Waals surface area contributed by atoms with Crippen LogP contribution in [0.3, 0.4) is 0 Å². The summed E-state index contributed by atoms with van der Waals surface area (Å²) < 4.78 is 32.5. The van der Waals surface area contributed by atoms with Crippen LogP contribution in [0.2, 0.25) is 0 Å². The number of rotatable bonds is 5. The highest BCUT2D eigenvalue weighted by Crippen LogP contribution is 2.22. The average Bonchev–Trinajstić information content (AvgIpc) is 2.37. The molecule has 1 heterocycles. The third-order valence-corrected chi connectivity index (χ3v) is 4.91. The number of carbonyl (C=O) groups is 1. The maximum atomic E-state index is 12.1. The summed E-state index contributed by atoms with van der Waals surface area (Å²) in [5, 5.41) is 8.98. The van der Waals surface area contributed by atoms with Crippen LogP contribution >= 0.6 is 15.9 Å². The fourth-order valence-corrected chi connectivity index (χ4v) is 3.98. The molecule has 0 aliphatic carbocycles. The minimum atomic E-state index is -3.58. The second-order valence-corrected chi connectivity index (χ2v) is 7.59. The van der Waals surface area contributed by atoms with Gasteiger partial charge < -0.3 is 9.84 Å². The van der Waals surface area contributed by atoms with Crippen molar-refractivity contribution in [3.8, 4) is 0 Å². The Morgan fingerprint density at radius 1 is 1.38 bits per heavy atom. The van der Waals surface area contributed by atoms with Crippen molar-refractivity contribution in [2.75, 3.05) is 17.1 Å². The van der Waals surface area contributed by atoms with Gasteiger partial charge in [0.15, 0.2) is 0 Å². The predicted octanol–water partition coefficient (Wildman–Crippen LogP) is 2.46. The van der Waals surface area contributed by atoms with Crippen LogP contribution in [-0.2, 0) is 14.8 Å². The van der Waals surface area contributed by atoms with E-state index < -0.39 is 16.0 Å². The summed E-state index contributed by atoms with van der Waals surface area (Å²) in [5.41, 5.74) is 0.230. The zero-order valence-electron chi connectivity index (χ0n) is 11.2. The van der Waals surface area contributed by atoms with Crippen molar-refractivity contribution < 1.29 is 23.1 Å². The van der Waals surface area contributed by atoms with E-state index in [0.717, 1.165) is 19.3 Å². The number of nitrogens with one attached hydrogen (secondary N) is 1. The number of sulfonamides is 1. The number of ether oxygens (including phenoxy) is 1. The summed E-state index contributed by atoms with van der Waals surface area (Å²) in [6, 6.07) is 4.21. The molecule has 2 N–H and O–H groups in total. The molecule has 1 aromatic rings. The van der Waals surface area contributed by atoms with Crippen LogP contribution in [0.15, 0.2) is 22.7 Å². The van der Waals surface area contributed by atoms with Crippen molar-refractivity contribution in [1.82, 2.24) is 0 Å². The molecule has 6 nitrogen and oxygen atoms in total. The molecule has 0 bridgehead atoms. The van der Waals surface area contributed by atoms with Crippen LogP contribution in [0.4, 0.5) is 5.69 Å². The van der Waals surface area contributed by atoms with Crippen LogP contribution in [-0.4, -0.2) is 38.0 Å². The van der Waals surface area contributed by atoms with Gasteiger partial charge in [0.25, 0.3) is 0 Å². The molecule has 1 aromatic carbocycles. The fourth-order valence-electron chi connectivity index (χ4n) is 2.18. The Bertz CT molecular complexity index is 625. The molecule has 1 saturated heterocycles. The van der Waals surface area contributed by atoms with Gasteiger partial charge in [0.1, 0.15) is 0 Å². The summed E-state index contributed by atoms with van der Waals surface area (Å²) in [4.78, 5) is 11.0. The standard InChI is InChI=1S/C13H16BrNO5S/c14-10-5-9(13(16)17)6-11(7-10)15-21(18,19)8-12-3-1-2-4-20-12/h5-7,12,15H,1-4,8H2,(H,16,17). The molecule has 2 rings (SSSR count). The first kappa shape index (κ1) is 16.3. The third-order valence-electron chi connectivity index (χ3n) is 3.10. The minimum absolute atomic E-state index is 0.0102. The maximum Gasteiger partial charge on any atom is 0.335 e. The van der Waals surface area contributed by atoms with Crippen molar-refractivity contribution >= 4 is 37.6 Å². The maximum absolute atomic E-state index is 12.1. The summed E-state index contributed by atoms with van der Waals surface area (Å²) >= 11 is 3.16. The van der Waals surface area contributed by atoms with Crippen LogP contribution in [0, 0.1) is 0 Å². The van der Waals surface area contributed by atoms with E-state index in [4.69, 9.17) is 9.84 Å². The SMILES string of the molecule is O=C(O)c1cc(Br)cc(NS(=O)(=O)CC2CCCCO2)c1. The molecule has 0 amide bonds. The van der Waals surface area contributed by atoms with Crippen LogP contribution < -0.4 is 4.72 Å². The number of benzene rings is 1. The Hall–Kier alpha value is -1.12. The molecule has 1 aliphatic rings. The molecule has 8 heteroatoms. The lowest BCUT2D eigenvalue weighted by Gasteiger charge is -2.22. The number of aromatic carboxylic acids is 1. The third kappa shape index (κ3) is 4.98. The van der Waals surface area contributed by atoms with E-state index in [2.05, 4.69) is 20.7 Å². The summed E-state index contributed by atoms with van der Waals surface area (Å²) in [5.74, 6) is -1.24. The molecule has 0 radical (unpaired) electrons. The number of anilines is 1. The highest BCUT2D eigenvalue weighted by Gasteiger charge is 2.22. The normalized spacial score (nSPS) is 19.2. The van der Waals surface area contributed by atoms with E-state index in [9.17, 15) is 13.2 Å². The van der Waals surface area contributed by atoms with Gasteiger partial charge in [0.2, 0.25) is 10.0 Å². The molecular formula is C13H16BrNO5S. The van der Waals surface area contributed by atoms with E-state index in [1.807, 2.05) is 0 Å². The summed E-state index contributed by atoms with van der Waals surface area (Å²) in [7, 11) is -3.58. The van der Waals surface area contributed by atoms with Crippen LogP contribution in [0.5, 0.6) is 0 Å². The molecular weight excluding hydrogens is 362 g/mol. The Kier molecular flexibility index (Phi) is 5.23. The first-order valence-electron chi connectivity index (χ1n) is 6.52. The van der Waals surface area contributed by atoms with Gasteiger partial charge in [0, 0.05) is 11.1 Å². The number of hydrogen-bond acceptors (Lipinski definition) is 4. The van der Waals surface area contributed by atoms with Crippen molar-refractivity contribution in [3.63, 3.8) is 0 Å². The van der Waals surface area contributed by atoms with E-state index >= 15 is 0 Å². The second-order valence-electron chi connectivity index (χ2n) is 4.91. The van der Waals surface area contributed by atoms with Gasteiger partial charge in [0.05, 0.1) is 23.1 Å². The second kappa shape index (κ2) is 6.76. The molecule has 0 saturated carbocycles. The van der Waals surface area contributed by atoms with E-state index in [1.165, 1.54) is 18.2 Å². The van der Waals surface area contributed by atoms with Crippen LogP contribution in [0.25, 0.3) is 0 Å². The highest BCUT2D eigenvalue weighted by atomic mass is 79.9. The molecule has 0 aromatic heterocycles. The summed E-state index contributed by atoms with van der Waals surface area (Å²) in [6.45, 7) is 0.584. The lowest BCUT2D eigenvalue weighted by atomic mass is 10.1. The van der Waals surface area contributed by atoms with Crippen LogP contribution in [0.1, 0.15) is 29.6 Å². The average molecular weight is 378 g/mol. The van der Waals surface area contributed by atoms with Gasteiger partial charge >= 0.3 is 5.97 Å². The fraction of sp³-hybridized carbons (Fsp3) is 0.462. The van der Waals surface area contributed by atoms with E-state index in [0.29, 0.717) is 11.1 Å². The minimum Gasteiger partial charge on any atom is -0.478 e. The van der Waals surface area contributed by atoms with Crippen molar-refractivity contribution in [2.24, 2.45) is 0 Å². The number of carboxylic acid groups (broad SMARTS) is 1. The number of carboxylic acids is 1. The Morgan fingerprint density at radius 2 is 2.14 bits per heavy atom. The lowest BCUT2D eigenvalue weighted by molar-refractivity contribution is 0.0306. The molecule has 1 unspecified atom stereocenters. The topological polar surface area (TPSA) is 92.7 Å². The van der Waals surface area contributed by atoms with Gasteiger partial charge in [-0.1, -0.05) is 15.9 Å². The molecule has 1 aliphatic heterocycles. The van der Waals surface area contributed by atoms with Gasteiger partial charge in [-0.25, -0.2) is 13.2 Å². The molecule has 1 fully saturated rings. The van der Waals surface area contributed by atoms with Crippen molar-refractivity contribution in [2.45, 2.75) is 25.4 Å². The van der Waals surface area contributed by atoms with Gasteiger partial charge in [-0.15, -0.1) is 0 Å². The first-order valence-corrected chi connectivity index (χ1v) is 8.96. The zero-order chi connectivity index (χ0) is 15.5. The lowest BCUT2D eigenvalue weighted by Crippen LogP contribution is -2.30. The van der Waals surface area contributed by atoms with Gasteiger partial charge in [-0.05, 0) is 37.5 Å². The highest BCUT2D eigenvalue weighted by molar-refractivity contribution is 9.10. The zero-order valence-corrected chi connectivity index (χ0v) is 13.6. The van der Waals surface area contributed by atoms with Crippen molar-refractivity contribution in [3.05, 3.63) is 28.2 Å². The Labute approximate surface area is 131 Å². The smallest absolute Gasteiger partial charge is 0.335 e. The molecule has 21 heavy (non-hydrogen) atoms. The van der Waals surface area contributed by atoms with Gasteiger partial charge in [-0.3, -0.25) is 4.72 Å². The Balaban J connectivity index is 2.10. The predicted molar refractivity (Wildman–Crippen MR) is 82.1 cm³/mol.